The van der Waals surface area contributed by atoms with Gasteiger partial charge in [0.1, 0.15) is 5.52 Å². The van der Waals surface area contributed by atoms with Gasteiger partial charge in [0.2, 0.25) is 10.0 Å². The molecule has 1 aromatic heterocycles. The number of hydrogen-bond donors (Lipinski definition) is 1. The summed E-state index contributed by atoms with van der Waals surface area (Å²) in [6, 6.07) is 4.85. The number of aryl methyl sites for hydroxylation is 1. The lowest BCUT2D eigenvalue weighted by Crippen LogP contribution is -2.36. The van der Waals surface area contributed by atoms with E-state index in [1.54, 1.807) is 25.1 Å². The van der Waals surface area contributed by atoms with Gasteiger partial charge in [0.15, 0.2) is 11.5 Å². The topological polar surface area (TPSA) is 72.2 Å². The van der Waals surface area contributed by atoms with Crippen molar-refractivity contribution in [2.24, 2.45) is 0 Å². The van der Waals surface area contributed by atoms with Crippen LogP contribution in [-0.2, 0) is 10.0 Å². The smallest absolute Gasteiger partial charge is 0.240 e. The third kappa shape index (κ3) is 2.71. The number of hydrogen-bond acceptors (Lipinski definition) is 4. The Kier molecular flexibility index (Phi) is 3.52. The zero-order chi connectivity index (χ0) is 14.2. The van der Waals surface area contributed by atoms with Gasteiger partial charge in [-0.15, -0.1) is 0 Å². The first kappa shape index (κ1) is 13.6. The number of benzene rings is 1. The zero-order valence-corrected chi connectivity index (χ0v) is 12.2. The highest BCUT2D eigenvalue weighted by Gasteiger charge is 2.22. The molecule has 0 unspecified atom stereocenters. The van der Waals surface area contributed by atoms with Gasteiger partial charge in [0.05, 0.1) is 4.90 Å². The predicted octanol–water partition coefficient (Wildman–Crippen LogP) is 2.75. The van der Waals surface area contributed by atoms with Gasteiger partial charge in [0.25, 0.3) is 0 Å². The quantitative estimate of drug-likeness (QED) is 0.944. The molecule has 0 spiro atoms. The van der Waals surface area contributed by atoms with Crippen LogP contribution >= 0.6 is 0 Å². The highest BCUT2D eigenvalue weighted by Crippen LogP contribution is 2.22. The lowest BCUT2D eigenvalue weighted by atomic mass is 9.96. The van der Waals surface area contributed by atoms with E-state index in [2.05, 4.69) is 9.71 Å². The van der Waals surface area contributed by atoms with E-state index >= 15 is 0 Å². The fourth-order valence-corrected chi connectivity index (χ4v) is 4.02. The van der Waals surface area contributed by atoms with Crippen molar-refractivity contribution in [2.75, 3.05) is 0 Å². The minimum absolute atomic E-state index is 0.0588. The van der Waals surface area contributed by atoms with Crippen molar-refractivity contribution in [3.05, 3.63) is 24.1 Å². The Labute approximate surface area is 118 Å². The summed E-state index contributed by atoms with van der Waals surface area (Å²) < 4.78 is 32.9. The van der Waals surface area contributed by atoms with Crippen LogP contribution in [0, 0.1) is 6.92 Å². The minimum Gasteiger partial charge on any atom is -0.441 e. The molecular weight excluding hydrogens is 276 g/mol. The van der Waals surface area contributed by atoms with Crippen molar-refractivity contribution in [1.29, 1.82) is 0 Å². The molecule has 1 saturated carbocycles. The number of aromatic nitrogens is 1. The highest BCUT2D eigenvalue weighted by molar-refractivity contribution is 7.89. The van der Waals surface area contributed by atoms with E-state index < -0.39 is 10.0 Å². The van der Waals surface area contributed by atoms with Crippen molar-refractivity contribution >= 4 is 21.1 Å². The fraction of sp³-hybridized carbons (Fsp3) is 0.500. The van der Waals surface area contributed by atoms with Crippen LogP contribution in [0.2, 0.25) is 0 Å². The van der Waals surface area contributed by atoms with Gasteiger partial charge in [-0.3, -0.25) is 0 Å². The summed E-state index contributed by atoms with van der Waals surface area (Å²) in [6.45, 7) is 1.74. The monoisotopic (exact) mass is 294 g/mol. The van der Waals surface area contributed by atoms with Crippen LogP contribution in [0.15, 0.2) is 27.5 Å². The molecule has 0 atom stereocenters. The Morgan fingerprint density at radius 3 is 2.75 bits per heavy atom. The summed E-state index contributed by atoms with van der Waals surface area (Å²) in [4.78, 5) is 4.43. The Morgan fingerprint density at radius 2 is 2.00 bits per heavy atom. The molecule has 0 bridgehead atoms. The van der Waals surface area contributed by atoms with Gasteiger partial charge in [-0.2, -0.15) is 0 Å². The molecule has 0 aliphatic heterocycles. The van der Waals surface area contributed by atoms with Gasteiger partial charge in [0, 0.05) is 13.0 Å². The number of sulfonamides is 1. The van der Waals surface area contributed by atoms with Crippen molar-refractivity contribution in [1.82, 2.24) is 9.71 Å². The van der Waals surface area contributed by atoms with Crippen LogP contribution < -0.4 is 4.72 Å². The third-order valence-electron chi connectivity index (χ3n) is 3.70. The van der Waals surface area contributed by atoms with E-state index in [-0.39, 0.29) is 10.9 Å². The molecule has 1 aliphatic rings. The Hall–Kier alpha value is -1.40. The van der Waals surface area contributed by atoms with Gasteiger partial charge in [-0.1, -0.05) is 19.3 Å². The first-order chi connectivity index (χ1) is 9.54. The molecule has 5 nitrogen and oxygen atoms in total. The van der Waals surface area contributed by atoms with Crippen LogP contribution in [-0.4, -0.2) is 19.4 Å². The maximum atomic E-state index is 12.4. The second-order valence-electron chi connectivity index (χ2n) is 5.32. The molecule has 1 aliphatic carbocycles. The summed E-state index contributed by atoms with van der Waals surface area (Å²) in [6.07, 6.45) is 5.22. The first-order valence-corrected chi connectivity index (χ1v) is 8.42. The first-order valence-electron chi connectivity index (χ1n) is 6.94. The van der Waals surface area contributed by atoms with Gasteiger partial charge < -0.3 is 4.42 Å². The molecule has 20 heavy (non-hydrogen) atoms. The molecule has 0 radical (unpaired) electrons. The summed E-state index contributed by atoms with van der Waals surface area (Å²) in [5.41, 5.74) is 1.19. The van der Waals surface area contributed by atoms with Gasteiger partial charge >= 0.3 is 0 Å². The molecule has 0 amide bonds. The van der Waals surface area contributed by atoms with E-state index in [1.165, 1.54) is 6.42 Å². The fourth-order valence-electron chi connectivity index (χ4n) is 2.70. The molecule has 1 N–H and O–H groups in total. The van der Waals surface area contributed by atoms with Gasteiger partial charge in [-0.25, -0.2) is 18.1 Å². The molecule has 0 saturated heterocycles. The van der Waals surface area contributed by atoms with Crippen LogP contribution in [0.3, 0.4) is 0 Å². The lowest BCUT2D eigenvalue weighted by molar-refractivity contribution is 0.412. The van der Waals surface area contributed by atoms with Crippen molar-refractivity contribution < 1.29 is 12.8 Å². The number of fused-ring (bicyclic) bond motifs is 1. The molecule has 1 heterocycles. The average Bonchev–Trinajstić information content (AvgIpc) is 2.78. The maximum absolute atomic E-state index is 12.4. The van der Waals surface area contributed by atoms with Crippen molar-refractivity contribution in [2.45, 2.75) is 50.0 Å². The van der Waals surface area contributed by atoms with Gasteiger partial charge in [-0.05, 0) is 31.0 Å². The molecule has 2 aromatic rings. The summed E-state index contributed by atoms with van der Waals surface area (Å²) in [5, 5.41) is 0. The molecule has 1 fully saturated rings. The van der Waals surface area contributed by atoms with Crippen molar-refractivity contribution in [3.8, 4) is 0 Å². The number of nitrogens with one attached hydrogen (secondary N) is 1. The second-order valence-corrected chi connectivity index (χ2v) is 7.03. The van der Waals surface area contributed by atoms with E-state index in [1.807, 2.05) is 0 Å². The highest BCUT2D eigenvalue weighted by atomic mass is 32.2. The summed E-state index contributed by atoms with van der Waals surface area (Å²) >= 11 is 0. The van der Waals surface area contributed by atoms with Crippen molar-refractivity contribution in [3.63, 3.8) is 0 Å². The van der Waals surface area contributed by atoms with E-state index in [9.17, 15) is 8.42 Å². The van der Waals surface area contributed by atoms with Crippen LogP contribution in [0.25, 0.3) is 11.1 Å². The minimum atomic E-state index is -3.47. The standard InChI is InChI=1S/C14H18N2O3S/c1-10-15-13-9-12(7-8-14(13)19-10)20(17,18)16-11-5-3-2-4-6-11/h7-9,11,16H,2-6H2,1H3. The summed E-state index contributed by atoms with van der Waals surface area (Å²) in [7, 11) is -3.47. The molecular formula is C14H18N2O3S. The SMILES string of the molecule is Cc1nc2cc(S(=O)(=O)NC3CCCCC3)ccc2o1. The van der Waals surface area contributed by atoms with E-state index in [0.717, 1.165) is 25.7 Å². The normalized spacial score (nSPS) is 17.6. The number of oxazole rings is 1. The Morgan fingerprint density at radius 1 is 1.25 bits per heavy atom. The third-order valence-corrected chi connectivity index (χ3v) is 5.22. The molecule has 108 valence electrons. The molecule has 6 heteroatoms. The largest absolute Gasteiger partial charge is 0.441 e. The molecule has 1 aromatic carbocycles. The zero-order valence-electron chi connectivity index (χ0n) is 11.4. The van der Waals surface area contributed by atoms with Crippen LogP contribution in [0.5, 0.6) is 0 Å². The maximum Gasteiger partial charge on any atom is 0.240 e. The average molecular weight is 294 g/mol. The number of rotatable bonds is 3. The lowest BCUT2D eigenvalue weighted by Gasteiger charge is -2.22. The molecule has 3 rings (SSSR count). The van der Waals surface area contributed by atoms with Crippen LogP contribution in [0.1, 0.15) is 38.0 Å². The van der Waals surface area contributed by atoms with Crippen LogP contribution in [0.4, 0.5) is 0 Å². The summed E-state index contributed by atoms with van der Waals surface area (Å²) in [5.74, 6) is 0.537. The number of nitrogens with zero attached hydrogens (tertiary/aromatic N) is 1. The second kappa shape index (κ2) is 5.18. The Bertz CT molecular complexity index is 715. The predicted molar refractivity (Wildman–Crippen MR) is 75.9 cm³/mol. The van der Waals surface area contributed by atoms with E-state index in [4.69, 9.17) is 4.42 Å². The Balaban J connectivity index is 1.87. The van der Waals surface area contributed by atoms with E-state index in [0.29, 0.717) is 17.0 Å².